The minimum absolute atomic E-state index is 0.00275. The van der Waals surface area contributed by atoms with Gasteiger partial charge in [-0.15, -0.1) is 0 Å². The van der Waals surface area contributed by atoms with E-state index < -0.39 is 29.7 Å². The fraction of sp³-hybridized carbons (Fsp3) is 0.444. The molecule has 24 nitrogen and oxygen atoms in total. The van der Waals surface area contributed by atoms with Gasteiger partial charge in [0.1, 0.15) is 47.8 Å². The maximum Gasteiger partial charge on any atom is 0.330 e. The van der Waals surface area contributed by atoms with Crippen LogP contribution in [0.2, 0.25) is 0 Å². The zero-order valence-corrected chi connectivity index (χ0v) is 75.9. The summed E-state index contributed by atoms with van der Waals surface area (Å²) in [5.41, 5.74) is 3.57. The average Bonchev–Trinajstić information content (AvgIpc) is 0.812. The molecular formula is C108H124FNO23. The van der Waals surface area contributed by atoms with Crippen LogP contribution in [0, 0.1) is 82.2 Å². The minimum atomic E-state index is -0.516. The summed E-state index contributed by atoms with van der Waals surface area (Å²) in [7, 11) is 0. The molecule has 0 aromatic heterocycles. The number of esters is 11. The van der Waals surface area contributed by atoms with Crippen molar-refractivity contribution in [2.24, 2.45) is 65.1 Å². The molecule has 0 N–H and O–H groups in total. The number of hydrogen-bond acceptors (Lipinski definition) is 24. The monoisotopic (exact) mass is 1820 g/mol. The number of carbonyl (C=O) groups is 11. The second-order valence-electron chi connectivity index (χ2n) is 34.5. The van der Waals surface area contributed by atoms with Gasteiger partial charge in [0.2, 0.25) is 0 Å². The van der Waals surface area contributed by atoms with Crippen LogP contribution in [0.15, 0.2) is 220 Å². The quantitative estimate of drug-likeness (QED) is 0.0116. The van der Waals surface area contributed by atoms with Gasteiger partial charge < -0.3 is 56.8 Å². The van der Waals surface area contributed by atoms with E-state index in [-0.39, 0.29) is 109 Å². The molecule has 0 radical (unpaired) electrons. The molecule has 0 spiro atoms. The Kier molecular flexibility index (Phi) is 42.8. The van der Waals surface area contributed by atoms with E-state index in [1.807, 2.05) is 109 Å². The molecule has 6 fully saturated rings. The van der Waals surface area contributed by atoms with Crippen LogP contribution >= 0.6 is 0 Å². The number of rotatable bonds is 36. The Morgan fingerprint density at radius 2 is 0.624 bits per heavy atom. The van der Waals surface area contributed by atoms with Crippen LogP contribution in [0.4, 0.5) is 4.39 Å². The second kappa shape index (κ2) is 55.6. The maximum atomic E-state index is 13.0. The molecule has 0 saturated heterocycles. The van der Waals surface area contributed by atoms with E-state index in [1.165, 1.54) is 24.3 Å². The number of unbranched alkanes of at least 4 members (excludes halogenated alkanes) is 2. The number of benzene rings is 7. The zero-order valence-electron chi connectivity index (χ0n) is 75.9. The second-order valence-corrected chi connectivity index (χ2v) is 34.5. The first kappa shape index (κ1) is 102. The lowest BCUT2D eigenvalue weighted by molar-refractivity contribution is -0.154. The zero-order chi connectivity index (χ0) is 94.5. The Hall–Kier alpha value is -12.7. The molecule has 7 aromatic carbocycles. The normalized spacial score (nSPS) is 21.2. The van der Waals surface area contributed by atoms with E-state index in [1.54, 1.807) is 36.4 Å². The van der Waals surface area contributed by atoms with Gasteiger partial charge in [0.05, 0.1) is 85.6 Å². The molecule has 133 heavy (non-hydrogen) atoms. The highest BCUT2D eigenvalue weighted by molar-refractivity contribution is 5.91. The van der Waals surface area contributed by atoms with E-state index in [9.17, 15) is 57.1 Å². The number of fused-ring (bicyclic) bond motifs is 1. The highest BCUT2D eigenvalue weighted by Gasteiger charge is 2.39. The van der Waals surface area contributed by atoms with E-state index >= 15 is 0 Å². The Morgan fingerprint density at radius 3 is 1.05 bits per heavy atom. The van der Waals surface area contributed by atoms with Gasteiger partial charge in [0, 0.05) is 42.7 Å². The van der Waals surface area contributed by atoms with Gasteiger partial charge >= 0.3 is 65.7 Å². The third kappa shape index (κ3) is 34.8. The molecule has 0 aliphatic heterocycles. The first-order valence-corrected chi connectivity index (χ1v) is 46.8. The third-order valence-corrected chi connectivity index (χ3v) is 25.7. The van der Waals surface area contributed by atoms with Gasteiger partial charge in [-0.2, -0.15) is 5.26 Å². The Labute approximate surface area is 778 Å². The molecule has 0 atom stereocenters. The van der Waals surface area contributed by atoms with Crippen molar-refractivity contribution in [1.29, 1.82) is 5.26 Å². The lowest BCUT2D eigenvalue weighted by Gasteiger charge is -2.36. The number of hydrogen-bond donors (Lipinski definition) is 0. The van der Waals surface area contributed by atoms with E-state index in [2.05, 4.69) is 32.4 Å². The summed E-state index contributed by atoms with van der Waals surface area (Å²) in [5, 5.41) is 10.9. The highest BCUT2D eigenvalue weighted by atomic mass is 19.1. The highest BCUT2D eigenvalue weighted by Crippen LogP contribution is 2.45. The SMILES string of the molecule is C=CC(=O)OCCCCOC(=O)C1CCC(C2CCC(C(=O)Oc3ccccc3)CC2)CC1.C=CC(=O)OCCCCOC1CCC(C(=O)Oc2ccc(-c3ccc(C#N)cc3)cc2)CC1.C=CC(=O)OCCOC(=O)C1CCC(C2CCC(C(=O)Oc3cccc4ccccc34)CC2)CC1.C=CC(=O)OCCc1ccc(OC(=O)C2CCC(C(=O)Oc3ccc(F)cc3)CC2)cc1. The topological polar surface area (TPSA) is 322 Å². The Bertz CT molecular complexity index is 4970. The van der Waals surface area contributed by atoms with E-state index in [0.29, 0.717) is 129 Å². The van der Waals surface area contributed by atoms with Crippen molar-refractivity contribution in [3.8, 4) is 45.9 Å². The van der Waals surface area contributed by atoms with E-state index in [0.717, 1.165) is 193 Å². The van der Waals surface area contributed by atoms with Crippen LogP contribution in [0.3, 0.4) is 0 Å². The summed E-state index contributed by atoms with van der Waals surface area (Å²) < 4.78 is 76.9. The first-order chi connectivity index (χ1) is 64.6. The van der Waals surface area contributed by atoms with Crippen molar-refractivity contribution in [2.75, 3.05) is 46.2 Å². The molecule has 0 amide bonds. The van der Waals surface area contributed by atoms with Gasteiger partial charge in [-0.1, -0.05) is 117 Å². The number of carbonyl (C=O) groups excluding carboxylic acids is 11. The molecule has 706 valence electrons. The molecule has 25 heteroatoms. The summed E-state index contributed by atoms with van der Waals surface area (Å²) in [4.78, 5) is 131. The Balaban J connectivity index is 0.000000184. The van der Waals surface area contributed by atoms with Crippen molar-refractivity contribution < 1.29 is 114 Å². The van der Waals surface area contributed by atoms with Gasteiger partial charge in [-0.25, -0.2) is 23.6 Å². The molecule has 6 aliphatic carbocycles. The van der Waals surface area contributed by atoms with Gasteiger partial charge in [-0.3, -0.25) is 33.6 Å². The van der Waals surface area contributed by atoms with Crippen molar-refractivity contribution in [3.05, 3.63) is 237 Å². The average molecular weight is 1820 g/mol. The number of para-hydroxylation sites is 1. The number of nitriles is 1. The number of halogens is 1. The molecular weight excluding hydrogens is 1700 g/mol. The molecule has 0 unspecified atom stereocenters. The van der Waals surface area contributed by atoms with Crippen molar-refractivity contribution >= 4 is 76.4 Å². The van der Waals surface area contributed by atoms with Crippen LogP contribution in [-0.2, 0) is 92.3 Å². The third-order valence-electron chi connectivity index (χ3n) is 25.7. The standard InChI is InChI=1S/C29H34O6.C27H29NO5.C27H36O6.C25H25FO6/c1-2-27(30)33-18-19-34-28(31)23-14-10-20(11-15-23)21-12-16-24(17-13-21)29(32)35-26-9-5-7-22-6-3-4-8-25(22)26;1-2-26(29)32-18-4-3-17-31-24-13-11-23(12-14-24)27(30)33-25-15-9-22(10-16-25)21-7-5-20(19-28)6-8-21;1-2-25(28)31-18-6-7-19-32-26(29)22-14-10-20(11-15-22)21-12-16-23(17-13-21)27(30)33-24-8-4-3-5-9-24;1-2-23(27)30-16-15-17-3-11-21(12-4-17)31-24(28)18-5-7-19(8-6-18)25(29)32-22-13-9-20(26)10-14-22/h2-9,20-21,23-24H,1,10-19H2;2,5-10,15-16,23-24H,1,3-4,11-14,17-18H2;2-5,8-9,20-23H,1,6-7,10-19H2;2-4,9-14,18-19H,1,5-8,15-16H2. The van der Waals surface area contributed by atoms with Crippen LogP contribution in [0.5, 0.6) is 28.7 Å². The van der Waals surface area contributed by atoms with Crippen LogP contribution in [0.1, 0.15) is 191 Å². The lowest BCUT2D eigenvalue weighted by Crippen LogP contribution is -2.31. The molecule has 6 saturated carbocycles. The number of ether oxygens (including phenoxy) is 12. The fourth-order valence-electron chi connectivity index (χ4n) is 18.0. The molecule has 7 aromatic rings. The summed E-state index contributed by atoms with van der Waals surface area (Å²) in [5.74, 6) is 0.620. The maximum absolute atomic E-state index is 13.0. The fourth-order valence-corrected chi connectivity index (χ4v) is 18.0. The summed E-state index contributed by atoms with van der Waals surface area (Å²) in [6, 6.07) is 52.2. The largest absolute Gasteiger partial charge is 0.465 e. The minimum Gasteiger partial charge on any atom is -0.465 e. The molecule has 0 heterocycles. The van der Waals surface area contributed by atoms with Gasteiger partial charge in [0.15, 0.2) is 0 Å². The smallest absolute Gasteiger partial charge is 0.330 e. The predicted molar refractivity (Wildman–Crippen MR) is 496 cm³/mol. The Morgan fingerprint density at radius 1 is 0.308 bits per heavy atom. The predicted octanol–water partition coefficient (Wildman–Crippen LogP) is 20.5. The van der Waals surface area contributed by atoms with Crippen LogP contribution < -0.4 is 23.7 Å². The van der Waals surface area contributed by atoms with Crippen molar-refractivity contribution in [1.82, 2.24) is 0 Å². The molecule has 0 bridgehead atoms. The summed E-state index contributed by atoms with van der Waals surface area (Å²) >= 11 is 0. The van der Waals surface area contributed by atoms with Crippen molar-refractivity contribution in [2.45, 2.75) is 192 Å². The van der Waals surface area contributed by atoms with Crippen molar-refractivity contribution in [3.63, 3.8) is 0 Å². The van der Waals surface area contributed by atoms with Crippen LogP contribution in [0.25, 0.3) is 21.9 Å². The number of nitrogens with zero attached hydrogens (tertiary/aromatic N) is 1. The first-order valence-electron chi connectivity index (χ1n) is 46.8. The molecule has 6 aliphatic rings. The molecule has 13 rings (SSSR count). The van der Waals surface area contributed by atoms with Gasteiger partial charge in [0.25, 0.3) is 0 Å². The van der Waals surface area contributed by atoms with Crippen LogP contribution in [-0.4, -0.2) is 118 Å². The van der Waals surface area contributed by atoms with Gasteiger partial charge in [-0.05, 0) is 304 Å². The lowest BCUT2D eigenvalue weighted by atomic mass is 9.69. The summed E-state index contributed by atoms with van der Waals surface area (Å²) in [6.45, 7) is 15.4. The van der Waals surface area contributed by atoms with E-state index in [4.69, 9.17) is 62.1 Å². The summed E-state index contributed by atoms with van der Waals surface area (Å²) in [6.07, 6.45) is 28.7.